The van der Waals surface area contributed by atoms with Crippen LogP contribution in [-0.4, -0.2) is 71.9 Å². The monoisotopic (exact) mass is 486 g/mol. The molecule has 2 saturated heterocycles. The van der Waals surface area contributed by atoms with E-state index >= 15 is 0 Å². The number of benzene rings is 1. The molecule has 0 bridgehead atoms. The lowest BCUT2D eigenvalue weighted by molar-refractivity contribution is -0.137. The van der Waals surface area contributed by atoms with Gasteiger partial charge in [-0.05, 0) is 52.0 Å². The zero-order chi connectivity index (χ0) is 25.6. The summed E-state index contributed by atoms with van der Waals surface area (Å²) in [5.74, 6) is -0.234. The SMILES string of the molecule is CC(c1ccccc1)N1CC(C(=O)N2CCC(CNC(=O)CNC(=O)OC(C)(C)C)CC2)CC1=O. The van der Waals surface area contributed by atoms with E-state index in [-0.39, 0.29) is 48.6 Å². The Morgan fingerprint density at radius 2 is 1.74 bits per heavy atom. The van der Waals surface area contributed by atoms with Crippen molar-refractivity contribution in [2.75, 3.05) is 32.7 Å². The highest BCUT2D eigenvalue weighted by Gasteiger charge is 2.39. The van der Waals surface area contributed by atoms with Gasteiger partial charge in [0.1, 0.15) is 5.60 Å². The lowest BCUT2D eigenvalue weighted by Crippen LogP contribution is -2.45. The largest absolute Gasteiger partial charge is 0.444 e. The second-order valence-corrected chi connectivity index (χ2v) is 10.5. The van der Waals surface area contributed by atoms with E-state index in [0.717, 1.165) is 18.4 Å². The van der Waals surface area contributed by atoms with Gasteiger partial charge in [0.15, 0.2) is 0 Å². The van der Waals surface area contributed by atoms with Crippen molar-refractivity contribution in [2.45, 2.75) is 58.6 Å². The highest BCUT2D eigenvalue weighted by atomic mass is 16.6. The van der Waals surface area contributed by atoms with Crippen LogP contribution in [0.15, 0.2) is 30.3 Å². The fourth-order valence-electron chi connectivity index (χ4n) is 4.59. The molecule has 9 nitrogen and oxygen atoms in total. The number of carbonyl (C=O) groups excluding carboxylic acids is 4. The minimum absolute atomic E-state index is 0.0253. The summed E-state index contributed by atoms with van der Waals surface area (Å²) in [4.78, 5) is 53.1. The van der Waals surface area contributed by atoms with Crippen molar-refractivity contribution in [1.82, 2.24) is 20.4 Å². The van der Waals surface area contributed by atoms with E-state index in [9.17, 15) is 19.2 Å². The van der Waals surface area contributed by atoms with Crippen LogP contribution in [-0.2, 0) is 19.1 Å². The van der Waals surface area contributed by atoms with Crippen LogP contribution in [0.3, 0.4) is 0 Å². The van der Waals surface area contributed by atoms with Crippen molar-refractivity contribution in [2.24, 2.45) is 11.8 Å². The summed E-state index contributed by atoms with van der Waals surface area (Å²) in [5, 5.41) is 5.29. The Morgan fingerprint density at radius 1 is 1.09 bits per heavy atom. The van der Waals surface area contributed by atoms with Gasteiger partial charge in [0.05, 0.1) is 18.5 Å². The van der Waals surface area contributed by atoms with Gasteiger partial charge in [-0.3, -0.25) is 14.4 Å². The van der Waals surface area contributed by atoms with Gasteiger partial charge in [-0.1, -0.05) is 30.3 Å². The second-order valence-electron chi connectivity index (χ2n) is 10.5. The van der Waals surface area contributed by atoms with E-state index in [2.05, 4.69) is 10.6 Å². The van der Waals surface area contributed by atoms with Crippen LogP contribution in [0.4, 0.5) is 4.79 Å². The number of nitrogens with one attached hydrogen (secondary N) is 2. The number of rotatable bonds is 7. The number of amides is 4. The zero-order valence-corrected chi connectivity index (χ0v) is 21.2. The molecule has 0 spiro atoms. The molecule has 192 valence electrons. The molecule has 2 atom stereocenters. The first-order valence-electron chi connectivity index (χ1n) is 12.4. The average molecular weight is 487 g/mol. The lowest BCUT2D eigenvalue weighted by Gasteiger charge is -2.33. The molecule has 0 saturated carbocycles. The van der Waals surface area contributed by atoms with Crippen molar-refractivity contribution in [1.29, 1.82) is 0 Å². The molecule has 2 aliphatic rings. The Morgan fingerprint density at radius 3 is 2.37 bits per heavy atom. The van der Waals surface area contributed by atoms with Crippen LogP contribution in [0.2, 0.25) is 0 Å². The van der Waals surface area contributed by atoms with Crippen LogP contribution in [0.25, 0.3) is 0 Å². The fourth-order valence-corrected chi connectivity index (χ4v) is 4.59. The molecule has 1 aromatic carbocycles. The topological polar surface area (TPSA) is 108 Å². The number of piperidine rings is 1. The van der Waals surface area contributed by atoms with E-state index < -0.39 is 11.7 Å². The normalized spacial score (nSPS) is 19.9. The Kier molecular flexibility index (Phi) is 8.75. The first kappa shape index (κ1) is 26.5. The number of alkyl carbamates (subject to hydrolysis) is 1. The molecule has 2 aliphatic heterocycles. The number of hydrogen-bond donors (Lipinski definition) is 2. The molecule has 0 aromatic heterocycles. The van der Waals surface area contributed by atoms with Gasteiger partial charge in [0.25, 0.3) is 0 Å². The number of likely N-dealkylation sites (tertiary alicyclic amines) is 2. The molecule has 3 rings (SSSR count). The molecule has 2 N–H and O–H groups in total. The molecule has 2 unspecified atom stereocenters. The predicted molar refractivity (Wildman–Crippen MR) is 131 cm³/mol. The van der Waals surface area contributed by atoms with Crippen molar-refractivity contribution in [3.05, 3.63) is 35.9 Å². The summed E-state index contributed by atoms with van der Waals surface area (Å²) in [5.41, 5.74) is 0.453. The Hall–Kier alpha value is -3.10. The van der Waals surface area contributed by atoms with Gasteiger partial charge in [-0.2, -0.15) is 0 Å². The summed E-state index contributed by atoms with van der Waals surface area (Å²) in [6.45, 7) is 9.34. The Labute approximate surface area is 207 Å². The van der Waals surface area contributed by atoms with Crippen molar-refractivity contribution >= 4 is 23.8 Å². The highest BCUT2D eigenvalue weighted by Crippen LogP contribution is 2.30. The van der Waals surface area contributed by atoms with Gasteiger partial charge >= 0.3 is 6.09 Å². The molecule has 4 amide bonds. The van der Waals surface area contributed by atoms with E-state index in [4.69, 9.17) is 4.74 Å². The zero-order valence-electron chi connectivity index (χ0n) is 21.2. The van der Waals surface area contributed by atoms with E-state index in [1.807, 2.05) is 47.1 Å². The third-order valence-electron chi connectivity index (χ3n) is 6.56. The number of hydrogen-bond acceptors (Lipinski definition) is 5. The summed E-state index contributed by atoms with van der Waals surface area (Å²) >= 11 is 0. The third-order valence-corrected chi connectivity index (χ3v) is 6.56. The number of ether oxygens (including phenoxy) is 1. The summed E-state index contributed by atoms with van der Waals surface area (Å²) in [6, 6.07) is 9.82. The van der Waals surface area contributed by atoms with E-state index in [0.29, 0.717) is 26.2 Å². The smallest absolute Gasteiger partial charge is 0.408 e. The van der Waals surface area contributed by atoms with E-state index in [1.165, 1.54) is 0 Å². The average Bonchev–Trinajstić information content (AvgIpc) is 3.21. The fraction of sp³-hybridized carbons (Fsp3) is 0.615. The second kappa shape index (κ2) is 11.6. The standard InChI is InChI=1S/C26H38N4O5/c1-18(20-8-6-5-7-9-20)30-17-21(14-23(30)32)24(33)29-12-10-19(11-13-29)15-27-22(31)16-28-25(34)35-26(2,3)4/h5-9,18-19,21H,10-17H2,1-4H3,(H,27,31)(H,28,34). The summed E-state index contributed by atoms with van der Waals surface area (Å²) in [6.07, 6.45) is 1.21. The van der Waals surface area contributed by atoms with Crippen molar-refractivity contribution in [3.63, 3.8) is 0 Å². The van der Waals surface area contributed by atoms with Crippen molar-refractivity contribution < 1.29 is 23.9 Å². The Bertz CT molecular complexity index is 906. The van der Waals surface area contributed by atoms with Gasteiger partial charge < -0.3 is 25.2 Å². The molecule has 35 heavy (non-hydrogen) atoms. The quantitative estimate of drug-likeness (QED) is 0.616. The maximum atomic E-state index is 13.1. The first-order valence-corrected chi connectivity index (χ1v) is 12.4. The lowest BCUT2D eigenvalue weighted by atomic mass is 9.95. The minimum Gasteiger partial charge on any atom is -0.444 e. The van der Waals surface area contributed by atoms with Crippen LogP contribution >= 0.6 is 0 Å². The van der Waals surface area contributed by atoms with Gasteiger partial charge in [-0.25, -0.2) is 4.79 Å². The van der Waals surface area contributed by atoms with E-state index in [1.54, 1.807) is 20.8 Å². The number of carbonyl (C=O) groups is 4. The molecule has 1 aromatic rings. The molecule has 0 aliphatic carbocycles. The number of nitrogens with zero attached hydrogens (tertiary/aromatic N) is 2. The maximum absolute atomic E-state index is 13.1. The molecular formula is C26H38N4O5. The summed E-state index contributed by atoms with van der Waals surface area (Å²) < 4.78 is 5.12. The molecule has 9 heteroatoms. The molecule has 0 radical (unpaired) electrons. The van der Waals surface area contributed by atoms with Crippen LogP contribution in [0.5, 0.6) is 0 Å². The summed E-state index contributed by atoms with van der Waals surface area (Å²) in [7, 11) is 0. The van der Waals surface area contributed by atoms with Crippen LogP contribution < -0.4 is 10.6 Å². The van der Waals surface area contributed by atoms with Crippen molar-refractivity contribution in [3.8, 4) is 0 Å². The first-order chi connectivity index (χ1) is 16.5. The highest BCUT2D eigenvalue weighted by molar-refractivity contribution is 5.89. The van der Waals surface area contributed by atoms with Gasteiger partial charge in [-0.15, -0.1) is 0 Å². The molecule has 2 fully saturated rings. The van der Waals surface area contributed by atoms with Crippen LogP contribution in [0, 0.1) is 11.8 Å². The molecular weight excluding hydrogens is 448 g/mol. The Balaban J connectivity index is 1.38. The third kappa shape index (κ3) is 7.70. The minimum atomic E-state index is -0.624. The van der Waals surface area contributed by atoms with Gasteiger partial charge in [0, 0.05) is 32.6 Å². The maximum Gasteiger partial charge on any atom is 0.408 e. The van der Waals surface area contributed by atoms with Crippen LogP contribution in [0.1, 0.15) is 58.6 Å². The van der Waals surface area contributed by atoms with Gasteiger partial charge in [0.2, 0.25) is 17.7 Å². The molecule has 2 heterocycles. The predicted octanol–water partition coefficient (Wildman–Crippen LogP) is 2.48.